The van der Waals surface area contributed by atoms with Gasteiger partial charge < -0.3 is 10.2 Å². The summed E-state index contributed by atoms with van der Waals surface area (Å²) >= 11 is 0. The van der Waals surface area contributed by atoms with Crippen molar-refractivity contribution in [3.05, 3.63) is 42.5 Å². The van der Waals surface area contributed by atoms with E-state index in [4.69, 9.17) is 0 Å². The maximum absolute atomic E-state index is 12.7. The highest BCUT2D eigenvalue weighted by molar-refractivity contribution is 5.89. The zero-order valence-corrected chi connectivity index (χ0v) is 15.1. The molecule has 2 aromatic rings. The number of likely N-dealkylation sites (tertiary alicyclic amines) is 1. The number of nitrogens with zero attached hydrogens (tertiary/aromatic N) is 4. The molecule has 1 saturated heterocycles. The first-order chi connectivity index (χ1) is 12.1. The summed E-state index contributed by atoms with van der Waals surface area (Å²) < 4.78 is 1.85. The van der Waals surface area contributed by atoms with Crippen LogP contribution in [0.3, 0.4) is 0 Å². The Morgan fingerprint density at radius 2 is 2.24 bits per heavy atom. The van der Waals surface area contributed by atoms with Crippen LogP contribution in [0.5, 0.6) is 0 Å². The fourth-order valence-corrected chi connectivity index (χ4v) is 3.31. The second kappa shape index (κ2) is 8.14. The Bertz CT molecular complexity index is 682. The average Bonchev–Trinajstić information content (AvgIpc) is 3.10. The van der Waals surface area contributed by atoms with E-state index >= 15 is 0 Å². The Labute approximate surface area is 149 Å². The van der Waals surface area contributed by atoms with Crippen molar-refractivity contribution in [2.24, 2.45) is 0 Å². The van der Waals surface area contributed by atoms with Crippen LogP contribution >= 0.6 is 0 Å². The van der Waals surface area contributed by atoms with Gasteiger partial charge in [-0.2, -0.15) is 5.10 Å². The predicted molar refractivity (Wildman–Crippen MR) is 98.5 cm³/mol. The van der Waals surface area contributed by atoms with Gasteiger partial charge in [0.25, 0.3) is 0 Å². The lowest BCUT2D eigenvalue weighted by Crippen LogP contribution is -2.46. The van der Waals surface area contributed by atoms with Gasteiger partial charge >= 0.3 is 6.03 Å². The third-order valence-corrected chi connectivity index (χ3v) is 4.73. The van der Waals surface area contributed by atoms with E-state index in [9.17, 15) is 4.79 Å². The van der Waals surface area contributed by atoms with Crippen molar-refractivity contribution < 1.29 is 4.79 Å². The van der Waals surface area contributed by atoms with Crippen molar-refractivity contribution in [3.8, 4) is 0 Å². The van der Waals surface area contributed by atoms with Gasteiger partial charge in [-0.1, -0.05) is 6.07 Å². The summed E-state index contributed by atoms with van der Waals surface area (Å²) in [5.41, 5.74) is 1.85. The Morgan fingerprint density at radius 1 is 1.36 bits per heavy atom. The summed E-state index contributed by atoms with van der Waals surface area (Å²) in [5.74, 6) is 0. The number of nitrogens with one attached hydrogen (secondary N) is 1. The summed E-state index contributed by atoms with van der Waals surface area (Å²) in [6.45, 7) is 4.95. The molecule has 2 amide bonds. The number of rotatable bonds is 5. The Kier molecular flexibility index (Phi) is 5.68. The van der Waals surface area contributed by atoms with E-state index < -0.39 is 0 Å². The van der Waals surface area contributed by atoms with Crippen molar-refractivity contribution in [1.82, 2.24) is 19.7 Å². The molecule has 1 N–H and O–H groups in total. The third-order valence-electron chi connectivity index (χ3n) is 4.73. The monoisotopic (exact) mass is 341 g/mol. The van der Waals surface area contributed by atoms with Crippen molar-refractivity contribution in [3.63, 3.8) is 0 Å². The van der Waals surface area contributed by atoms with Crippen LogP contribution < -0.4 is 5.32 Å². The predicted octanol–water partition coefficient (Wildman–Crippen LogP) is 3.88. The van der Waals surface area contributed by atoms with E-state index in [0.717, 1.165) is 43.6 Å². The minimum atomic E-state index is -0.0194. The van der Waals surface area contributed by atoms with Crippen LogP contribution in [0, 0.1) is 0 Å². The second-order valence-corrected chi connectivity index (χ2v) is 6.94. The molecule has 1 aliphatic rings. The van der Waals surface area contributed by atoms with Gasteiger partial charge in [-0.05, 0) is 58.1 Å². The standard InChI is InChI=1S/C19H27N5O/c1-15(2)24-14-17(13-21-24)22-19(25)23-12-6-4-8-18(23)10-9-16-7-3-5-11-20-16/h3,5,7,11,13-15,18H,4,6,8-10,12H2,1-2H3,(H,22,25). The molecule has 0 spiro atoms. The minimum absolute atomic E-state index is 0.0194. The molecular weight excluding hydrogens is 314 g/mol. The van der Waals surface area contributed by atoms with Crippen molar-refractivity contribution in [2.45, 2.75) is 58.0 Å². The van der Waals surface area contributed by atoms with Gasteiger partial charge in [0.05, 0.1) is 11.9 Å². The number of carbonyl (C=O) groups is 1. The quantitative estimate of drug-likeness (QED) is 0.898. The highest BCUT2D eigenvalue weighted by Gasteiger charge is 2.26. The Balaban J connectivity index is 1.60. The lowest BCUT2D eigenvalue weighted by atomic mass is 9.97. The maximum Gasteiger partial charge on any atom is 0.322 e. The molecule has 25 heavy (non-hydrogen) atoms. The summed E-state index contributed by atoms with van der Waals surface area (Å²) in [4.78, 5) is 19.1. The lowest BCUT2D eigenvalue weighted by molar-refractivity contribution is 0.158. The topological polar surface area (TPSA) is 63.1 Å². The van der Waals surface area contributed by atoms with Crippen LogP contribution in [-0.4, -0.2) is 38.3 Å². The normalized spacial score (nSPS) is 17.7. The molecule has 0 aromatic carbocycles. The lowest BCUT2D eigenvalue weighted by Gasteiger charge is -2.35. The average molecular weight is 341 g/mol. The van der Waals surface area contributed by atoms with Crippen LogP contribution in [-0.2, 0) is 6.42 Å². The van der Waals surface area contributed by atoms with Gasteiger partial charge in [0, 0.05) is 36.7 Å². The number of piperidine rings is 1. The van der Waals surface area contributed by atoms with Crippen molar-refractivity contribution in [1.29, 1.82) is 0 Å². The van der Waals surface area contributed by atoms with Crippen LogP contribution in [0.1, 0.15) is 51.3 Å². The van der Waals surface area contributed by atoms with E-state index in [2.05, 4.69) is 29.2 Å². The molecular formula is C19H27N5O. The van der Waals surface area contributed by atoms with Crippen LogP contribution in [0.2, 0.25) is 0 Å². The first-order valence-corrected chi connectivity index (χ1v) is 9.15. The minimum Gasteiger partial charge on any atom is -0.322 e. The molecule has 1 fully saturated rings. The molecule has 6 nitrogen and oxygen atoms in total. The van der Waals surface area contributed by atoms with Gasteiger partial charge in [-0.15, -0.1) is 0 Å². The number of amides is 2. The number of carbonyl (C=O) groups excluding carboxylic acids is 1. The molecule has 1 unspecified atom stereocenters. The fourth-order valence-electron chi connectivity index (χ4n) is 3.31. The zero-order valence-electron chi connectivity index (χ0n) is 15.1. The van der Waals surface area contributed by atoms with E-state index in [1.807, 2.05) is 40.2 Å². The maximum atomic E-state index is 12.7. The smallest absolute Gasteiger partial charge is 0.322 e. The SMILES string of the molecule is CC(C)n1cc(NC(=O)N2CCCCC2CCc2ccccn2)cn1. The van der Waals surface area contributed by atoms with E-state index in [1.165, 1.54) is 6.42 Å². The number of aromatic nitrogens is 3. The third kappa shape index (κ3) is 4.59. The molecule has 0 bridgehead atoms. The number of anilines is 1. The molecule has 1 aliphatic heterocycles. The van der Waals surface area contributed by atoms with Gasteiger partial charge in [0.2, 0.25) is 0 Å². The molecule has 3 rings (SSSR count). The molecule has 1 atom stereocenters. The van der Waals surface area contributed by atoms with E-state index in [-0.39, 0.29) is 18.1 Å². The van der Waals surface area contributed by atoms with Gasteiger partial charge in [-0.3, -0.25) is 9.67 Å². The van der Waals surface area contributed by atoms with Crippen LogP contribution in [0.25, 0.3) is 0 Å². The molecule has 2 aromatic heterocycles. The zero-order chi connectivity index (χ0) is 17.6. The Morgan fingerprint density at radius 3 is 2.96 bits per heavy atom. The highest BCUT2D eigenvalue weighted by atomic mass is 16.2. The largest absolute Gasteiger partial charge is 0.322 e. The number of aryl methyl sites for hydroxylation is 1. The van der Waals surface area contributed by atoms with Gasteiger partial charge in [0.1, 0.15) is 0 Å². The number of hydrogen-bond acceptors (Lipinski definition) is 3. The van der Waals surface area contributed by atoms with E-state index in [1.54, 1.807) is 6.20 Å². The first kappa shape index (κ1) is 17.5. The van der Waals surface area contributed by atoms with Crippen LogP contribution in [0.15, 0.2) is 36.8 Å². The molecule has 0 aliphatic carbocycles. The molecule has 3 heterocycles. The summed E-state index contributed by atoms with van der Waals surface area (Å²) in [7, 11) is 0. The summed E-state index contributed by atoms with van der Waals surface area (Å²) in [6.07, 6.45) is 10.6. The van der Waals surface area contributed by atoms with Crippen molar-refractivity contribution >= 4 is 11.7 Å². The van der Waals surface area contributed by atoms with Gasteiger partial charge in [0.15, 0.2) is 0 Å². The molecule has 6 heteroatoms. The number of urea groups is 1. The molecule has 134 valence electrons. The first-order valence-electron chi connectivity index (χ1n) is 9.15. The summed E-state index contributed by atoms with van der Waals surface area (Å²) in [5, 5.41) is 7.29. The Hall–Kier alpha value is -2.37. The fraction of sp³-hybridized carbons (Fsp3) is 0.526. The van der Waals surface area contributed by atoms with E-state index in [0.29, 0.717) is 0 Å². The highest BCUT2D eigenvalue weighted by Crippen LogP contribution is 2.22. The molecule has 0 saturated carbocycles. The van der Waals surface area contributed by atoms with Gasteiger partial charge in [-0.25, -0.2) is 4.79 Å². The number of hydrogen-bond donors (Lipinski definition) is 1. The second-order valence-electron chi connectivity index (χ2n) is 6.94. The number of pyridine rings is 1. The summed E-state index contributed by atoms with van der Waals surface area (Å²) in [6, 6.07) is 6.53. The van der Waals surface area contributed by atoms with Crippen LogP contribution in [0.4, 0.5) is 10.5 Å². The van der Waals surface area contributed by atoms with Crippen molar-refractivity contribution in [2.75, 3.05) is 11.9 Å². The molecule has 0 radical (unpaired) electrons.